The number of ether oxygens (including phenoxy) is 3. The van der Waals surface area contributed by atoms with Crippen molar-refractivity contribution < 1.29 is 19.0 Å². The number of carbonyl (C=O) groups excluding carboxylic acids is 1. The first kappa shape index (κ1) is 16.3. The van der Waals surface area contributed by atoms with Gasteiger partial charge in [-0.2, -0.15) is 0 Å². The van der Waals surface area contributed by atoms with Crippen molar-refractivity contribution in [1.82, 2.24) is 4.90 Å². The van der Waals surface area contributed by atoms with Crippen LogP contribution in [0, 0.1) is 0 Å². The molecule has 5 nitrogen and oxygen atoms in total. The van der Waals surface area contributed by atoms with Crippen LogP contribution in [0.4, 0.5) is 0 Å². The van der Waals surface area contributed by atoms with E-state index in [2.05, 4.69) is 0 Å². The zero-order chi connectivity index (χ0) is 16.6. The number of carbonyl (C=O) groups is 1. The molecule has 3 rings (SSSR count). The van der Waals surface area contributed by atoms with E-state index in [-0.39, 0.29) is 18.6 Å². The maximum absolute atomic E-state index is 12.4. The molecule has 0 spiro atoms. The van der Waals surface area contributed by atoms with Crippen molar-refractivity contribution in [3.05, 3.63) is 60.7 Å². The summed E-state index contributed by atoms with van der Waals surface area (Å²) in [7, 11) is 0. The van der Waals surface area contributed by atoms with E-state index in [0.717, 1.165) is 5.75 Å². The lowest BCUT2D eigenvalue weighted by Crippen LogP contribution is -2.42. The average molecular weight is 327 g/mol. The third kappa shape index (κ3) is 4.73. The Kier molecular flexibility index (Phi) is 5.69. The van der Waals surface area contributed by atoms with E-state index in [4.69, 9.17) is 14.2 Å². The predicted octanol–water partition coefficient (Wildman–Crippen LogP) is 2.37. The minimum Gasteiger partial charge on any atom is -0.486 e. The standard InChI is InChI=1S/C19H21NO4/c21-19(15-23-16-7-3-1-4-8-16)20-11-12-22-14-18(13-20)24-17-9-5-2-6-10-17/h1-10,18H,11-15H2/t18-/m1/s1. The van der Waals surface area contributed by atoms with Crippen LogP contribution in [0.5, 0.6) is 11.5 Å². The van der Waals surface area contributed by atoms with Gasteiger partial charge in [0, 0.05) is 6.54 Å². The van der Waals surface area contributed by atoms with E-state index in [1.165, 1.54) is 0 Å². The van der Waals surface area contributed by atoms with Crippen molar-refractivity contribution >= 4 is 5.91 Å². The molecule has 0 aromatic heterocycles. The van der Waals surface area contributed by atoms with E-state index >= 15 is 0 Å². The Hall–Kier alpha value is -2.53. The maximum atomic E-state index is 12.4. The van der Waals surface area contributed by atoms with Crippen LogP contribution >= 0.6 is 0 Å². The van der Waals surface area contributed by atoms with E-state index in [1.54, 1.807) is 4.90 Å². The highest BCUT2D eigenvalue weighted by Gasteiger charge is 2.24. The first-order valence-corrected chi connectivity index (χ1v) is 8.06. The van der Waals surface area contributed by atoms with Crippen molar-refractivity contribution in [3.63, 3.8) is 0 Å². The summed E-state index contributed by atoms with van der Waals surface area (Å²) < 4.78 is 17.0. The fourth-order valence-electron chi connectivity index (χ4n) is 2.52. The van der Waals surface area contributed by atoms with Gasteiger partial charge in [0.1, 0.15) is 17.6 Å². The number of rotatable bonds is 5. The molecule has 0 unspecified atom stereocenters. The molecule has 0 radical (unpaired) electrons. The topological polar surface area (TPSA) is 48.0 Å². The van der Waals surface area contributed by atoms with Gasteiger partial charge in [-0.1, -0.05) is 36.4 Å². The molecular weight excluding hydrogens is 306 g/mol. The lowest BCUT2D eigenvalue weighted by atomic mass is 10.3. The van der Waals surface area contributed by atoms with Gasteiger partial charge in [-0.15, -0.1) is 0 Å². The summed E-state index contributed by atoms with van der Waals surface area (Å²) in [5, 5.41) is 0. The normalized spacial score (nSPS) is 17.8. The molecule has 24 heavy (non-hydrogen) atoms. The second-order valence-corrected chi connectivity index (χ2v) is 5.57. The van der Waals surface area contributed by atoms with Crippen LogP contribution in [-0.4, -0.2) is 49.8 Å². The molecule has 1 aliphatic rings. The summed E-state index contributed by atoms with van der Waals surface area (Å²) in [6.45, 7) is 2.03. The first-order valence-electron chi connectivity index (χ1n) is 8.06. The van der Waals surface area contributed by atoms with Gasteiger partial charge in [0.05, 0.1) is 19.8 Å². The Balaban J connectivity index is 1.54. The van der Waals surface area contributed by atoms with Crippen LogP contribution in [0.25, 0.3) is 0 Å². The first-order chi connectivity index (χ1) is 11.8. The summed E-state index contributed by atoms with van der Waals surface area (Å²) in [6.07, 6.45) is -0.185. The number of benzene rings is 2. The number of amides is 1. The molecule has 0 saturated carbocycles. The molecule has 0 N–H and O–H groups in total. The predicted molar refractivity (Wildman–Crippen MR) is 90.2 cm³/mol. The second-order valence-electron chi connectivity index (χ2n) is 5.57. The molecule has 1 saturated heterocycles. The van der Waals surface area contributed by atoms with Crippen molar-refractivity contribution in [2.75, 3.05) is 32.9 Å². The molecule has 1 atom stereocenters. The van der Waals surface area contributed by atoms with Crippen LogP contribution in [-0.2, 0) is 9.53 Å². The molecule has 1 fully saturated rings. The minimum absolute atomic E-state index is 0.0159. The van der Waals surface area contributed by atoms with Gasteiger partial charge < -0.3 is 19.1 Å². The SMILES string of the molecule is O=C(COc1ccccc1)N1CCOC[C@H](Oc2ccccc2)C1. The molecular formula is C19H21NO4. The van der Waals surface area contributed by atoms with Gasteiger partial charge in [0.15, 0.2) is 6.61 Å². The summed E-state index contributed by atoms with van der Waals surface area (Å²) in [5.74, 6) is 1.40. The largest absolute Gasteiger partial charge is 0.486 e. The Morgan fingerprint density at radius 3 is 2.42 bits per heavy atom. The van der Waals surface area contributed by atoms with E-state index in [0.29, 0.717) is 32.1 Å². The lowest BCUT2D eigenvalue weighted by molar-refractivity contribution is -0.134. The van der Waals surface area contributed by atoms with Gasteiger partial charge in [-0.25, -0.2) is 0 Å². The van der Waals surface area contributed by atoms with Crippen molar-refractivity contribution in [2.24, 2.45) is 0 Å². The zero-order valence-electron chi connectivity index (χ0n) is 13.5. The smallest absolute Gasteiger partial charge is 0.260 e. The van der Waals surface area contributed by atoms with Gasteiger partial charge >= 0.3 is 0 Å². The molecule has 1 amide bonds. The minimum atomic E-state index is -0.185. The highest BCUT2D eigenvalue weighted by atomic mass is 16.5. The number of hydrogen-bond donors (Lipinski definition) is 0. The van der Waals surface area contributed by atoms with Crippen LogP contribution in [0.1, 0.15) is 0 Å². The van der Waals surface area contributed by atoms with Crippen molar-refractivity contribution in [1.29, 1.82) is 0 Å². The highest BCUT2D eigenvalue weighted by molar-refractivity contribution is 5.77. The number of nitrogens with zero attached hydrogens (tertiary/aromatic N) is 1. The molecule has 126 valence electrons. The van der Waals surface area contributed by atoms with Crippen LogP contribution in [0.2, 0.25) is 0 Å². The third-order valence-corrected chi connectivity index (χ3v) is 3.74. The van der Waals surface area contributed by atoms with Crippen LogP contribution in [0.15, 0.2) is 60.7 Å². The van der Waals surface area contributed by atoms with Gasteiger partial charge in [0.25, 0.3) is 5.91 Å². The molecule has 0 aliphatic carbocycles. The summed E-state index contributed by atoms with van der Waals surface area (Å²) in [4.78, 5) is 14.2. The Morgan fingerprint density at radius 1 is 1.04 bits per heavy atom. The van der Waals surface area contributed by atoms with E-state index in [9.17, 15) is 4.79 Å². The quantitative estimate of drug-likeness (QED) is 0.846. The monoisotopic (exact) mass is 327 g/mol. The second kappa shape index (κ2) is 8.36. The molecule has 2 aromatic rings. The van der Waals surface area contributed by atoms with Crippen molar-refractivity contribution in [2.45, 2.75) is 6.10 Å². The molecule has 5 heteroatoms. The molecule has 0 bridgehead atoms. The van der Waals surface area contributed by atoms with Gasteiger partial charge in [0.2, 0.25) is 0 Å². The van der Waals surface area contributed by atoms with Crippen molar-refractivity contribution in [3.8, 4) is 11.5 Å². The zero-order valence-corrected chi connectivity index (χ0v) is 13.5. The summed E-state index contributed by atoms with van der Waals surface area (Å²) >= 11 is 0. The van der Waals surface area contributed by atoms with Gasteiger partial charge in [-0.05, 0) is 24.3 Å². The Morgan fingerprint density at radius 2 is 1.71 bits per heavy atom. The fourth-order valence-corrected chi connectivity index (χ4v) is 2.52. The Bertz CT molecular complexity index is 632. The van der Waals surface area contributed by atoms with E-state index in [1.807, 2.05) is 60.7 Å². The number of para-hydroxylation sites is 2. The average Bonchev–Trinajstić information content (AvgIpc) is 2.87. The Labute approximate surface area is 141 Å². The fraction of sp³-hybridized carbons (Fsp3) is 0.316. The van der Waals surface area contributed by atoms with Crippen LogP contribution in [0.3, 0.4) is 0 Å². The maximum Gasteiger partial charge on any atom is 0.260 e. The third-order valence-electron chi connectivity index (χ3n) is 3.74. The molecule has 1 heterocycles. The molecule has 2 aromatic carbocycles. The van der Waals surface area contributed by atoms with E-state index < -0.39 is 0 Å². The summed E-state index contributed by atoms with van der Waals surface area (Å²) in [5.41, 5.74) is 0. The molecule has 1 aliphatic heterocycles. The van der Waals surface area contributed by atoms with Crippen LogP contribution < -0.4 is 9.47 Å². The lowest BCUT2D eigenvalue weighted by Gasteiger charge is -2.24. The number of hydrogen-bond acceptors (Lipinski definition) is 4. The van der Waals surface area contributed by atoms with Gasteiger partial charge in [-0.3, -0.25) is 4.79 Å². The highest BCUT2D eigenvalue weighted by Crippen LogP contribution is 2.14. The summed E-state index contributed by atoms with van der Waals surface area (Å²) in [6, 6.07) is 18.9.